The highest BCUT2D eigenvalue weighted by molar-refractivity contribution is 6.39. The first-order chi connectivity index (χ1) is 26.4. The molecular weight excluding hydrogens is 722 g/mol. The summed E-state index contributed by atoms with van der Waals surface area (Å²) >= 11 is 0. The van der Waals surface area contributed by atoms with Gasteiger partial charge in [-0.2, -0.15) is 0 Å². The zero-order valence-electron chi connectivity index (χ0n) is 34.4. The number of rotatable bonds is 6. The van der Waals surface area contributed by atoms with Crippen LogP contribution >= 0.6 is 0 Å². The molecule has 13 nitrogen and oxygen atoms in total. The summed E-state index contributed by atoms with van der Waals surface area (Å²) in [6.45, 7) is 12.9. The quantitative estimate of drug-likeness (QED) is 0.172. The lowest BCUT2D eigenvalue weighted by Gasteiger charge is -2.38. The molecule has 1 aliphatic carbocycles. The Kier molecular flexibility index (Phi) is 16.6. The highest BCUT2D eigenvalue weighted by Gasteiger charge is 2.57. The molecule has 0 aromatic rings. The number of hydrogen-bond donors (Lipinski definition) is 4. The van der Waals surface area contributed by atoms with Gasteiger partial charge in [0.05, 0.1) is 30.5 Å². The predicted octanol–water partition coefficient (Wildman–Crippen LogP) is 3.98. The smallest absolute Gasteiger partial charge is 0.329 e. The number of ether oxygens (including phenoxy) is 4. The number of cyclic esters (lactones) is 1. The average molecular weight is 790 g/mol. The predicted molar refractivity (Wildman–Crippen MR) is 208 cm³/mol. The minimum Gasteiger partial charge on any atom is -0.456 e. The zero-order chi connectivity index (χ0) is 41.5. The monoisotopic (exact) mass is 789 g/mol. The van der Waals surface area contributed by atoms with Gasteiger partial charge in [0.2, 0.25) is 5.79 Å². The third kappa shape index (κ3) is 10.8. The van der Waals surface area contributed by atoms with E-state index in [0.29, 0.717) is 56.9 Å². The summed E-state index contributed by atoms with van der Waals surface area (Å²) in [6, 6.07) is -1.16. The van der Waals surface area contributed by atoms with Gasteiger partial charge in [0.25, 0.3) is 11.7 Å². The van der Waals surface area contributed by atoms with E-state index in [4.69, 9.17) is 18.9 Å². The van der Waals surface area contributed by atoms with E-state index in [2.05, 4.69) is 6.58 Å². The summed E-state index contributed by atoms with van der Waals surface area (Å²) in [6.07, 6.45) is 3.66. The van der Waals surface area contributed by atoms with Gasteiger partial charge in [-0.1, -0.05) is 44.6 Å². The lowest BCUT2D eigenvalue weighted by Crippen LogP contribution is -2.57. The van der Waals surface area contributed by atoms with Crippen molar-refractivity contribution in [1.82, 2.24) is 4.90 Å². The first-order valence-corrected chi connectivity index (χ1v) is 20.5. The maximum Gasteiger partial charge on any atom is 0.329 e. The third-order valence-corrected chi connectivity index (χ3v) is 12.6. The van der Waals surface area contributed by atoms with E-state index in [-0.39, 0.29) is 49.5 Å². The number of allylic oxidation sites excluding steroid dienone is 4. The van der Waals surface area contributed by atoms with Gasteiger partial charge in [-0.05, 0) is 95.5 Å². The maximum absolute atomic E-state index is 14.2. The van der Waals surface area contributed by atoms with Crippen LogP contribution in [0.2, 0.25) is 0 Å². The summed E-state index contributed by atoms with van der Waals surface area (Å²) in [5.41, 5.74) is 1.58. The molecule has 3 unspecified atom stereocenters. The highest BCUT2D eigenvalue weighted by Crippen LogP contribution is 2.39. The molecule has 0 aromatic heterocycles. The van der Waals surface area contributed by atoms with Crippen molar-refractivity contribution in [3.05, 3.63) is 36.0 Å². The molecule has 2 bridgehead atoms. The van der Waals surface area contributed by atoms with E-state index < -0.39 is 83.9 Å². The Balaban J connectivity index is 1.74. The Hall–Kier alpha value is -2.78. The van der Waals surface area contributed by atoms with Crippen molar-refractivity contribution in [2.75, 3.05) is 20.8 Å². The first kappa shape index (κ1) is 45.9. The van der Waals surface area contributed by atoms with Crippen LogP contribution in [0.5, 0.6) is 0 Å². The molecule has 1 amide bonds. The second-order valence-corrected chi connectivity index (χ2v) is 17.1. The number of carbonyl (C=O) groups is 4. The van der Waals surface area contributed by atoms with Crippen molar-refractivity contribution in [3.63, 3.8) is 0 Å². The van der Waals surface area contributed by atoms with Crippen LogP contribution < -0.4 is 0 Å². The van der Waals surface area contributed by atoms with Crippen LogP contribution in [0.25, 0.3) is 0 Å². The van der Waals surface area contributed by atoms with E-state index in [9.17, 15) is 39.6 Å². The SMILES string of the molecule is C=CC[C@@H]1/C=C(\C)C[C@H](C)C[C@H](OC)[C@@H](O)[C@@H]2C[C@@H](C)[C@@](O)(O2)C(=O)C(=O)N2CCCC[C@H]2C(=O)O[C@H](C(C)=CC2CCC(O)C(OC)C2)[C@H](C)[C@@H](O)CC1=O. The van der Waals surface area contributed by atoms with Crippen molar-refractivity contribution in [3.8, 4) is 0 Å². The Bertz CT molecular complexity index is 1460. The van der Waals surface area contributed by atoms with Crippen LogP contribution in [-0.4, -0.2) is 124 Å². The molecule has 4 rings (SSSR count). The van der Waals surface area contributed by atoms with Crippen LogP contribution in [0.15, 0.2) is 36.0 Å². The van der Waals surface area contributed by atoms with Gasteiger partial charge in [-0.3, -0.25) is 14.4 Å². The van der Waals surface area contributed by atoms with Crippen molar-refractivity contribution < 1.29 is 58.6 Å². The molecule has 0 radical (unpaired) electrons. The summed E-state index contributed by atoms with van der Waals surface area (Å²) in [7, 11) is 3.02. The molecule has 4 aliphatic rings. The fraction of sp³-hybridized carbons (Fsp3) is 0.767. The molecule has 4 N–H and O–H groups in total. The largest absolute Gasteiger partial charge is 0.456 e. The lowest BCUT2D eigenvalue weighted by molar-refractivity contribution is -0.225. The molecule has 0 spiro atoms. The van der Waals surface area contributed by atoms with E-state index in [0.717, 1.165) is 10.5 Å². The van der Waals surface area contributed by atoms with E-state index >= 15 is 0 Å². The Labute approximate surface area is 332 Å². The number of nitrogens with zero attached hydrogens (tertiary/aromatic N) is 1. The van der Waals surface area contributed by atoms with Gasteiger partial charge in [-0.25, -0.2) is 4.79 Å². The zero-order valence-corrected chi connectivity index (χ0v) is 34.4. The fourth-order valence-electron chi connectivity index (χ4n) is 9.20. The van der Waals surface area contributed by atoms with E-state index in [1.165, 1.54) is 7.11 Å². The number of aliphatic hydroxyl groups excluding tert-OH is 3. The first-order valence-electron chi connectivity index (χ1n) is 20.5. The van der Waals surface area contributed by atoms with Gasteiger partial charge >= 0.3 is 5.97 Å². The summed E-state index contributed by atoms with van der Waals surface area (Å²) in [5.74, 6) is -7.99. The number of Topliss-reactive ketones (excluding diaryl/α,β-unsaturated/α-hetero) is 2. The van der Waals surface area contributed by atoms with Crippen LogP contribution in [0.3, 0.4) is 0 Å². The molecular formula is C43H67NO12. The Morgan fingerprint density at radius 1 is 0.964 bits per heavy atom. The van der Waals surface area contributed by atoms with E-state index in [1.807, 2.05) is 26.0 Å². The highest BCUT2D eigenvalue weighted by atomic mass is 16.7. The number of amides is 1. The molecule has 1 saturated carbocycles. The van der Waals surface area contributed by atoms with Crippen LogP contribution in [0.4, 0.5) is 0 Å². The number of esters is 1. The fourth-order valence-corrected chi connectivity index (χ4v) is 9.20. The molecule has 316 valence electrons. The average Bonchev–Trinajstić information content (AvgIpc) is 3.48. The normalized spacial score (nSPS) is 41.5. The number of piperidine rings is 1. The van der Waals surface area contributed by atoms with Gasteiger partial charge in [0, 0.05) is 44.9 Å². The maximum atomic E-state index is 14.2. The van der Waals surface area contributed by atoms with Gasteiger partial charge in [0.1, 0.15) is 24.0 Å². The van der Waals surface area contributed by atoms with Crippen molar-refractivity contribution in [2.45, 2.75) is 160 Å². The number of aliphatic hydroxyl groups is 4. The molecule has 2 saturated heterocycles. The second-order valence-electron chi connectivity index (χ2n) is 17.1. The van der Waals surface area contributed by atoms with Crippen molar-refractivity contribution in [1.29, 1.82) is 0 Å². The summed E-state index contributed by atoms with van der Waals surface area (Å²) < 4.78 is 23.3. The molecule has 3 fully saturated rings. The molecule has 0 aromatic carbocycles. The summed E-state index contributed by atoms with van der Waals surface area (Å²) in [5, 5.41) is 45.1. The van der Waals surface area contributed by atoms with Crippen molar-refractivity contribution in [2.24, 2.45) is 29.6 Å². The van der Waals surface area contributed by atoms with Crippen LogP contribution in [0.1, 0.15) is 105 Å². The summed E-state index contributed by atoms with van der Waals surface area (Å²) in [4.78, 5) is 57.1. The molecule has 56 heavy (non-hydrogen) atoms. The van der Waals surface area contributed by atoms with Crippen molar-refractivity contribution >= 4 is 23.4 Å². The topological polar surface area (TPSA) is 189 Å². The van der Waals surface area contributed by atoms with Crippen LogP contribution in [0, 0.1) is 29.6 Å². The van der Waals surface area contributed by atoms with E-state index in [1.54, 1.807) is 34.0 Å². The van der Waals surface area contributed by atoms with Gasteiger partial charge < -0.3 is 44.3 Å². The number of fused-ring (bicyclic) bond motifs is 3. The van der Waals surface area contributed by atoms with Crippen LogP contribution in [-0.2, 0) is 38.1 Å². The number of carbonyl (C=O) groups excluding carboxylic acids is 4. The molecule has 13 heteroatoms. The Morgan fingerprint density at radius 2 is 1.66 bits per heavy atom. The number of methoxy groups -OCH3 is 2. The second kappa shape index (κ2) is 20.3. The molecule has 14 atom stereocenters. The molecule has 3 aliphatic heterocycles. The lowest BCUT2D eigenvalue weighted by atomic mass is 9.81. The van der Waals surface area contributed by atoms with Gasteiger partial charge in [0.15, 0.2) is 0 Å². The Morgan fingerprint density at radius 3 is 2.32 bits per heavy atom. The standard InChI is InChI=1S/C43H67NO12/c1-9-12-30-18-24(2)17-25(3)19-36(54-8)38(48)37-21-27(5)43(52,56-37)40(49)41(50)44-16-11-10-13-31(44)42(51)55-39(28(6)33(46)23-34(30)47)26(4)20-29-14-15-32(45)35(22-29)53-7/h9,18,20,25,27-33,35-39,45-46,48,52H,1,10-17,19,21-23H2,2-8H3/b24-18+,26-20?/t25-,27+,28+,29?,30+,31-,32?,33-,35?,36-,37-,38+,39+,43+/m0/s1. The minimum atomic E-state index is -2.53. The third-order valence-electron chi connectivity index (χ3n) is 12.6. The molecule has 3 heterocycles. The van der Waals surface area contributed by atoms with Gasteiger partial charge in [-0.15, -0.1) is 6.58 Å². The minimum absolute atomic E-state index is 0.0115. The number of hydrogen-bond acceptors (Lipinski definition) is 12. The number of ketones is 2.